The molecule has 5 nitrogen and oxygen atoms in total. The molecule has 3 aromatic rings. The van der Waals surface area contributed by atoms with Gasteiger partial charge < -0.3 is 20.4 Å². The second-order valence-corrected chi connectivity index (χ2v) is 6.92. The van der Waals surface area contributed by atoms with Crippen molar-refractivity contribution in [1.29, 1.82) is 0 Å². The number of benzene rings is 2. The van der Waals surface area contributed by atoms with Gasteiger partial charge in [-0.25, -0.2) is 4.39 Å². The van der Waals surface area contributed by atoms with Crippen LogP contribution in [0.4, 0.5) is 4.39 Å². The first-order valence-corrected chi connectivity index (χ1v) is 10.1. The molecule has 1 heterocycles. The average Bonchev–Trinajstić information content (AvgIpc) is 3.14. The fourth-order valence-electron chi connectivity index (χ4n) is 3.20. The highest BCUT2D eigenvalue weighted by Crippen LogP contribution is 2.19. The molecule has 162 valence electrons. The third-order valence-electron chi connectivity index (χ3n) is 4.76. The van der Waals surface area contributed by atoms with E-state index in [2.05, 4.69) is 32.7 Å². The molecule has 0 unspecified atom stereocenters. The molecule has 0 saturated carbocycles. The summed E-state index contributed by atoms with van der Waals surface area (Å²) in [6.45, 7) is 3.02. The largest absolute Gasteiger partial charge is 0.377 e. The van der Waals surface area contributed by atoms with Gasteiger partial charge in [-0.2, -0.15) is 0 Å². The summed E-state index contributed by atoms with van der Waals surface area (Å²) in [6.07, 6.45) is 4.79. The summed E-state index contributed by atoms with van der Waals surface area (Å²) in [6, 6.07) is 15.1. The number of guanidine groups is 1. The van der Waals surface area contributed by atoms with Crippen LogP contribution in [0.15, 0.2) is 59.7 Å². The summed E-state index contributed by atoms with van der Waals surface area (Å²) in [5.74, 6) is 0.570. The van der Waals surface area contributed by atoms with Gasteiger partial charge in [0, 0.05) is 43.8 Å². The molecule has 0 atom stereocenters. The molecular weight excluding hydrogens is 494 g/mol. The van der Waals surface area contributed by atoms with Gasteiger partial charge in [0.1, 0.15) is 5.82 Å². The number of H-pyrrole nitrogens is 1. The second-order valence-electron chi connectivity index (χ2n) is 6.92. The number of aromatic amines is 1. The Bertz CT molecular complexity index is 914. The molecule has 0 aliphatic rings. The van der Waals surface area contributed by atoms with Gasteiger partial charge in [-0.05, 0) is 48.6 Å². The molecule has 0 amide bonds. The number of nitrogens with zero attached hydrogens (tertiary/aromatic N) is 1. The molecule has 0 radical (unpaired) electrons. The molecule has 0 saturated heterocycles. The van der Waals surface area contributed by atoms with Gasteiger partial charge in [-0.15, -0.1) is 24.0 Å². The van der Waals surface area contributed by atoms with E-state index in [0.717, 1.165) is 55.8 Å². The van der Waals surface area contributed by atoms with Crippen molar-refractivity contribution in [1.82, 2.24) is 15.6 Å². The Morgan fingerprint density at radius 2 is 1.87 bits per heavy atom. The van der Waals surface area contributed by atoms with E-state index >= 15 is 0 Å². The van der Waals surface area contributed by atoms with E-state index in [1.54, 1.807) is 7.05 Å². The summed E-state index contributed by atoms with van der Waals surface area (Å²) in [7, 11) is 1.77. The number of aliphatic imine (C=N–C) groups is 1. The Labute approximate surface area is 194 Å². The lowest BCUT2D eigenvalue weighted by Gasteiger charge is -2.12. The Morgan fingerprint density at radius 1 is 1.07 bits per heavy atom. The minimum absolute atomic E-state index is 0. The Kier molecular flexibility index (Phi) is 10.6. The van der Waals surface area contributed by atoms with Crippen LogP contribution < -0.4 is 10.6 Å². The molecule has 1 aromatic heterocycles. The molecule has 2 aromatic carbocycles. The summed E-state index contributed by atoms with van der Waals surface area (Å²) in [5, 5.41) is 7.72. The SMILES string of the molecule is CN=C(NCCCCOCc1ccccc1)NCCc1c[nH]c2cc(F)ccc12.I. The highest BCUT2D eigenvalue weighted by atomic mass is 127. The summed E-state index contributed by atoms with van der Waals surface area (Å²) in [4.78, 5) is 7.38. The zero-order valence-corrected chi connectivity index (χ0v) is 19.6. The number of unbranched alkanes of at least 4 members (excludes halogenated alkanes) is 1. The van der Waals surface area contributed by atoms with Crippen molar-refractivity contribution in [3.8, 4) is 0 Å². The van der Waals surface area contributed by atoms with Gasteiger partial charge in [0.05, 0.1) is 6.61 Å². The number of hydrogen-bond donors (Lipinski definition) is 3. The van der Waals surface area contributed by atoms with Crippen molar-refractivity contribution >= 4 is 40.8 Å². The van der Waals surface area contributed by atoms with E-state index < -0.39 is 0 Å². The summed E-state index contributed by atoms with van der Waals surface area (Å²) < 4.78 is 19.0. The molecule has 0 aliphatic heterocycles. The van der Waals surface area contributed by atoms with Crippen molar-refractivity contribution in [2.45, 2.75) is 25.9 Å². The van der Waals surface area contributed by atoms with E-state index in [-0.39, 0.29) is 29.8 Å². The zero-order chi connectivity index (χ0) is 20.3. The van der Waals surface area contributed by atoms with Gasteiger partial charge in [0.25, 0.3) is 0 Å². The van der Waals surface area contributed by atoms with Crippen LogP contribution in [0.1, 0.15) is 24.0 Å². The minimum atomic E-state index is -0.223. The summed E-state index contributed by atoms with van der Waals surface area (Å²) in [5.41, 5.74) is 3.20. The van der Waals surface area contributed by atoms with Crippen LogP contribution in [-0.2, 0) is 17.8 Å². The zero-order valence-electron chi connectivity index (χ0n) is 17.3. The number of ether oxygens (including phenoxy) is 1. The van der Waals surface area contributed by atoms with E-state index in [0.29, 0.717) is 6.61 Å². The second kappa shape index (κ2) is 13.2. The highest BCUT2D eigenvalue weighted by molar-refractivity contribution is 14.0. The molecular formula is C23H30FIN4O. The highest BCUT2D eigenvalue weighted by Gasteiger charge is 2.05. The maximum Gasteiger partial charge on any atom is 0.190 e. The van der Waals surface area contributed by atoms with E-state index in [9.17, 15) is 4.39 Å². The fraction of sp³-hybridized carbons (Fsp3) is 0.348. The first-order chi connectivity index (χ1) is 14.3. The van der Waals surface area contributed by atoms with Gasteiger partial charge in [-0.1, -0.05) is 30.3 Å². The van der Waals surface area contributed by atoms with E-state index in [1.165, 1.54) is 23.3 Å². The molecule has 0 spiro atoms. The predicted octanol–water partition coefficient (Wildman–Crippen LogP) is 4.63. The van der Waals surface area contributed by atoms with Gasteiger partial charge in [-0.3, -0.25) is 4.99 Å². The molecule has 0 bridgehead atoms. The van der Waals surface area contributed by atoms with Crippen LogP contribution in [0.5, 0.6) is 0 Å². The molecule has 0 aliphatic carbocycles. The lowest BCUT2D eigenvalue weighted by atomic mass is 10.1. The first kappa shape index (κ1) is 24.1. The minimum Gasteiger partial charge on any atom is -0.377 e. The van der Waals surface area contributed by atoms with Crippen LogP contribution in [0.2, 0.25) is 0 Å². The lowest BCUT2D eigenvalue weighted by molar-refractivity contribution is 0.117. The molecule has 3 N–H and O–H groups in total. The fourth-order valence-corrected chi connectivity index (χ4v) is 3.20. The molecule has 3 rings (SSSR count). The van der Waals surface area contributed by atoms with Crippen LogP contribution in [0.3, 0.4) is 0 Å². The smallest absolute Gasteiger partial charge is 0.190 e. The topological polar surface area (TPSA) is 61.4 Å². The van der Waals surface area contributed by atoms with Crippen molar-refractivity contribution < 1.29 is 9.13 Å². The van der Waals surface area contributed by atoms with E-state index in [4.69, 9.17) is 4.74 Å². The van der Waals surface area contributed by atoms with Gasteiger partial charge in [0.15, 0.2) is 5.96 Å². The first-order valence-electron chi connectivity index (χ1n) is 10.1. The average molecular weight is 524 g/mol. The Hall–Kier alpha value is -2.13. The van der Waals surface area contributed by atoms with Crippen molar-refractivity contribution in [3.63, 3.8) is 0 Å². The van der Waals surface area contributed by atoms with Gasteiger partial charge >= 0.3 is 0 Å². The Balaban J connectivity index is 0.00000320. The number of fused-ring (bicyclic) bond motifs is 1. The number of rotatable bonds is 10. The number of aromatic nitrogens is 1. The van der Waals surface area contributed by atoms with E-state index in [1.807, 2.05) is 30.5 Å². The van der Waals surface area contributed by atoms with Crippen molar-refractivity contribution in [3.05, 3.63) is 71.7 Å². The quantitative estimate of drug-likeness (QED) is 0.157. The number of hydrogen-bond acceptors (Lipinski definition) is 2. The van der Waals surface area contributed by atoms with Crippen molar-refractivity contribution in [2.24, 2.45) is 4.99 Å². The van der Waals surface area contributed by atoms with Crippen molar-refractivity contribution in [2.75, 3.05) is 26.7 Å². The predicted molar refractivity (Wildman–Crippen MR) is 132 cm³/mol. The monoisotopic (exact) mass is 524 g/mol. The van der Waals surface area contributed by atoms with Crippen LogP contribution in [-0.4, -0.2) is 37.7 Å². The maximum atomic E-state index is 13.3. The van der Waals surface area contributed by atoms with Crippen LogP contribution in [0.25, 0.3) is 10.9 Å². The molecule has 0 fully saturated rings. The standard InChI is InChI=1S/C23H29FN4O.HI/c1-25-23(26-12-5-6-14-29-17-18-7-3-2-4-8-18)27-13-11-19-16-28-22-15-20(24)9-10-21(19)22;/h2-4,7-10,15-16,28H,5-6,11-14,17H2,1H3,(H2,25,26,27);1H. The van der Waals surface area contributed by atoms with Crippen LogP contribution >= 0.6 is 24.0 Å². The third kappa shape index (κ3) is 7.60. The number of halogens is 2. The molecule has 30 heavy (non-hydrogen) atoms. The van der Waals surface area contributed by atoms with Crippen LogP contribution in [0, 0.1) is 5.82 Å². The lowest BCUT2D eigenvalue weighted by Crippen LogP contribution is -2.38. The normalized spacial score (nSPS) is 11.3. The summed E-state index contributed by atoms with van der Waals surface area (Å²) >= 11 is 0. The molecule has 7 heteroatoms. The number of nitrogens with one attached hydrogen (secondary N) is 3. The Morgan fingerprint density at radius 3 is 2.67 bits per heavy atom. The maximum absolute atomic E-state index is 13.3. The third-order valence-corrected chi connectivity index (χ3v) is 4.76. The van der Waals surface area contributed by atoms with Gasteiger partial charge in [0.2, 0.25) is 0 Å².